The van der Waals surface area contributed by atoms with E-state index in [1.165, 1.54) is 6.07 Å². The number of anilines is 3. The molecule has 4 N–H and O–H groups in total. The molecule has 0 radical (unpaired) electrons. The van der Waals surface area contributed by atoms with Crippen molar-refractivity contribution in [2.24, 2.45) is 5.73 Å². The smallest absolute Gasteiger partial charge is 0.255 e. The summed E-state index contributed by atoms with van der Waals surface area (Å²) in [7, 11) is 0. The maximum Gasteiger partial charge on any atom is 0.255 e. The third-order valence-electron chi connectivity index (χ3n) is 4.43. The average Bonchev–Trinajstić information content (AvgIpc) is 2.74. The summed E-state index contributed by atoms with van der Waals surface area (Å²) in [6.07, 6.45) is 0. The van der Waals surface area contributed by atoms with Crippen LogP contribution in [0, 0.1) is 0 Å². The summed E-state index contributed by atoms with van der Waals surface area (Å²) >= 11 is 0. The molecule has 0 aliphatic rings. The molecule has 144 valence electrons. The molecule has 0 spiro atoms. The van der Waals surface area contributed by atoms with Gasteiger partial charge in [-0.05, 0) is 42.5 Å². The third-order valence-corrected chi connectivity index (χ3v) is 4.43. The Morgan fingerprint density at radius 1 is 0.862 bits per heavy atom. The van der Waals surface area contributed by atoms with Gasteiger partial charge in [0.15, 0.2) is 5.43 Å². The van der Waals surface area contributed by atoms with Gasteiger partial charge in [-0.1, -0.05) is 24.3 Å². The number of hydrogen-bond acceptors (Lipinski definition) is 5. The number of nitrogens with one attached hydrogen (secondary N) is 2. The molecule has 0 aliphatic heterocycles. The Bertz CT molecular complexity index is 1230. The first kappa shape index (κ1) is 18.5. The van der Waals surface area contributed by atoms with Gasteiger partial charge < -0.3 is 20.8 Å². The van der Waals surface area contributed by atoms with Gasteiger partial charge in [0.2, 0.25) is 0 Å². The van der Waals surface area contributed by atoms with Crippen molar-refractivity contribution in [3.05, 3.63) is 100 Å². The monoisotopic (exact) mass is 385 g/mol. The van der Waals surface area contributed by atoms with E-state index in [0.717, 1.165) is 17.1 Å². The second kappa shape index (κ2) is 8.00. The van der Waals surface area contributed by atoms with Crippen LogP contribution in [0.1, 0.15) is 16.1 Å². The lowest BCUT2D eigenvalue weighted by Gasteiger charge is -2.10. The number of amides is 1. The van der Waals surface area contributed by atoms with E-state index in [9.17, 15) is 9.59 Å². The second-order valence-electron chi connectivity index (χ2n) is 6.52. The van der Waals surface area contributed by atoms with Gasteiger partial charge in [-0.25, -0.2) is 0 Å². The highest BCUT2D eigenvalue weighted by atomic mass is 16.3. The first-order chi connectivity index (χ1) is 14.1. The Hall–Kier alpha value is -3.90. The lowest BCUT2D eigenvalue weighted by Crippen LogP contribution is -2.11. The molecule has 0 atom stereocenters. The predicted octanol–water partition coefficient (Wildman–Crippen LogP) is 4.25. The van der Waals surface area contributed by atoms with E-state index >= 15 is 0 Å². The van der Waals surface area contributed by atoms with Crippen LogP contribution in [0.15, 0.2) is 88.1 Å². The highest BCUT2D eigenvalue weighted by Gasteiger charge is 2.08. The van der Waals surface area contributed by atoms with E-state index in [0.29, 0.717) is 22.3 Å². The average molecular weight is 385 g/mol. The zero-order valence-electron chi connectivity index (χ0n) is 15.5. The maximum atomic E-state index is 12.5. The van der Waals surface area contributed by atoms with Gasteiger partial charge in [0.1, 0.15) is 11.3 Å². The van der Waals surface area contributed by atoms with Crippen molar-refractivity contribution in [3.8, 4) is 0 Å². The van der Waals surface area contributed by atoms with E-state index in [4.69, 9.17) is 10.2 Å². The lowest BCUT2D eigenvalue weighted by molar-refractivity contribution is 0.102. The number of nitrogens with two attached hydrogens (primary N) is 1. The lowest BCUT2D eigenvalue weighted by atomic mass is 10.1. The molecule has 0 aliphatic carbocycles. The fraction of sp³-hybridized carbons (Fsp3) is 0.0435. The molecule has 3 aromatic carbocycles. The molecule has 4 aromatic rings. The van der Waals surface area contributed by atoms with Crippen LogP contribution >= 0.6 is 0 Å². The van der Waals surface area contributed by atoms with E-state index in [1.807, 2.05) is 36.4 Å². The molecular formula is C23H19N3O3. The van der Waals surface area contributed by atoms with Crippen LogP contribution in [-0.4, -0.2) is 5.91 Å². The summed E-state index contributed by atoms with van der Waals surface area (Å²) < 4.78 is 5.67. The number of benzene rings is 3. The van der Waals surface area contributed by atoms with Gasteiger partial charge >= 0.3 is 0 Å². The van der Waals surface area contributed by atoms with Gasteiger partial charge in [-0.2, -0.15) is 0 Å². The van der Waals surface area contributed by atoms with Gasteiger partial charge in [0, 0.05) is 34.8 Å². The summed E-state index contributed by atoms with van der Waals surface area (Å²) in [5.41, 5.74) is 8.64. The molecule has 0 bridgehead atoms. The van der Waals surface area contributed by atoms with Crippen LogP contribution in [0.4, 0.5) is 17.1 Å². The molecule has 0 fully saturated rings. The van der Waals surface area contributed by atoms with Gasteiger partial charge in [-0.3, -0.25) is 9.59 Å². The predicted molar refractivity (Wildman–Crippen MR) is 114 cm³/mol. The second-order valence-corrected chi connectivity index (χ2v) is 6.52. The Morgan fingerprint density at radius 3 is 2.41 bits per heavy atom. The molecule has 4 rings (SSSR count). The van der Waals surface area contributed by atoms with Crippen LogP contribution in [0.25, 0.3) is 11.0 Å². The van der Waals surface area contributed by atoms with Crippen molar-refractivity contribution < 1.29 is 9.21 Å². The molecule has 0 saturated heterocycles. The minimum Gasteiger partial charge on any atom is -0.459 e. The Labute approximate surface area is 167 Å². The number of carbonyl (C=O) groups excluding carboxylic acids is 1. The topological polar surface area (TPSA) is 97.4 Å². The van der Waals surface area contributed by atoms with E-state index in [-0.39, 0.29) is 17.9 Å². The fourth-order valence-electron chi connectivity index (χ4n) is 3.01. The highest BCUT2D eigenvalue weighted by molar-refractivity contribution is 6.04. The molecule has 1 amide bonds. The van der Waals surface area contributed by atoms with E-state index < -0.39 is 0 Å². The number of rotatable bonds is 5. The summed E-state index contributed by atoms with van der Waals surface area (Å²) in [4.78, 5) is 24.6. The van der Waals surface area contributed by atoms with Gasteiger partial charge in [-0.15, -0.1) is 0 Å². The van der Waals surface area contributed by atoms with Crippen LogP contribution in [0.5, 0.6) is 0 Å². The number of para-hydroxylation sites is 1. The maximum absolute atomic E-state index is 12.5. The zero-order chi connectivity index (χ0) is 20.2. The zero-order valence-corrected chi connectivity index (χ0v) is 15.5. The largest absolute Gasteiger partial charge is 0.459 e. The molecule has 6 nitrogen and oxygen atoms in total. The molecule has 0 saturated carbocycles. The third kappa shape index (κ3) is 4.17. The summed E-state index contributed by atoms with van der Waals surface area (Å²) in [6.45, 7) is 0.154. The summed E-state index contributed by atoms with van der Waals surface area (Å²) in [5, 5.41) is 6.59. The molecule has 1 aromatic heterocycles. The van der Waals surface area contributed by atoms with Crippen molar-refractivity contribution in [2.45, 2.75) is 6.54 Å². The van der Waals surface area contributed by atoms with Crippen LogP contribution in [-0.2, 0) is 6.54 Å². The fourth-order valence-corrected chi connectivity index (χ4v) is 3.01. The van der Waals surface area contributed by atoms with Crippen LogP contribution in [0.3, 0.4) is 0 Å². The highest BCUT2D eigenvalue weighted by Crippen LogP contribution is 2.22. The molecular weight excluding hydrogens is 366 g/mol. The van der Waals surface area contributed by atoms with E-state index in [1.54, 1.807) is 36.4 Å². The molecule has 6 heteroatoms. The summed E-state index contributed by atoms with van der Waals surface area (Å²) in [5.74, 6) is 0.233. The van der Waals surface area contributed by atoms with Crippen molar-refractivity contribution in [1.29, 1.82) is 0 Å². The molecule has 1 heterocycles. The Balaban J connectivity index is 1.57. The first-order valence-electron chi connectivity index (χ1n) is 9.13. The number of fused-ring (bicyclic) bond motifs is 1. The van der Waals surface area contributed by atoms with Crippen LogP contribution < -0.4 is 21.8 Å². The Morgan fingerprint density at radius 2 is 1.62 bits per heavy atom. The SMILES string of the molecule is NCc1cc(=O)c2ccc(Nc3cccc(C(=O)Nc4ccccc4)c3)cc2o1. The molecule has 0 unspecified atom stereocenters. The minimum atomic E-state index is -0.197. The Kier molecular flexibility index (Phi) is 5.09. The van der Waals surface area contributed by atoms with Crippen molar-refractivity contribution in [2.75, 3.05) is 10.6 Å². The first-order valence-corrected chi connectivity index (χ1v) is 9.13. The van der Waals surface area contributed by atoms with Crippen molar-refractivity contribution >= 4 is 33.9 Å². The minimum absolute atomic E-state index is 0.127. The quantitative estimate of drug-likeness (QED) is 0.477. The standard InChI is InChI=1S/C23H19N3O3/c24-14-19-13-21(27)20-10-9-18(12-22(20)29-19)25-17-8-4-5-15(11-17)23(28)26-16-6-2-1-3-7-16/h1-13,25H,14,24H2,(H,26,28). The molecule has 29 heavy (non-hydrogen) atoms. The van der Waals surface area contributed by atoms with Gasteiger partial charge in [0.25, 0.3) is 5.91 Å². The normalized spacial score (nSPS) is 10.7. The van der Waals surface area contributed by atoms with Crippen molar-refractivity contribution in [3.63, 3.8) is 0 Å². The number of carbonyl (C=O) groups is 1. The van der Waals surface area contributed by atoms with Crippen molar-refractivity contribution in [1.82, 2.24) is 0 Å². The summed E-state index contributed by atoms with van der Waals surface area (Å²) in [6, 6.07) is 23.1. The van der Waals surface area contributed by atoms with Crippen LogP contribution in [0.2, 0.25) is 0 Å². The van der Waals surface area contributed by atoms with E-state index in [2.05, 4.69) is 10.6 Å². The number of hydrogen-bond donors (Lipinski definition) is 3. The van der Waals surface area contributed by atoms with Gasteiger partial charge in [0.05, 0.1) is 11.9 Å².